The van der Waals surface area contributed by atoms with Crippen molar-refractivity contribution in [3.8, 4) is 0 Å². The van der Waals surface area contributed by atoms with Gasteiger partial charge in [0.15, 0.2) is 0 Å². The summed E-state index contributed by atoms with van der Waals surface area (Å²) in [6.07, 6.45) is -2.86. The minimum Gasteiger partial charge on any atom is -0.336 e. The molecule has 0 saturated carbocycles. The first-order valence-corrected chi connectivity index (χ1v) is 6.64. The van der Waals surface area contributed by atoms with Crippen molar-refractivity contribution in [2.75, 3.05) is 13.6 Å². The lowest BCUT2D eigenvalue weighted by Crippen LogP contribution is -2.32. The summed E-state index contributed by atoms with van der Waals surface area (Å²) in [4.78, 5) is 11.1. The van der Waals surface area contributed by atoms with Gasteiger partial charge in [0.25, 0.3) is 12.3 Å². The van der Waals surface area contributed by atoms with Gasteiger partial charge in [0.2, 0.25) is 10.0 Å². The minimum absolute atomic E-state index is 0.156. The maximum Gasteiger partial charge on any atom is 0.256 e. The van der Waals surface area contributed by atoms with Crippen molar-refractivity contribution in [2.24, 2.45) is 5.14 Å². The molecule has 112 valence electrons. The van der Waals surface area contributed by atoms with Crippen LogP contribution in [0.15, 0.2) is 17.0 Å². The van der Waals surface area contributed by atoms with Crippen LogP contribution in [0, 0.1) is 11.6 Å². The van der Waals surface area contributed by atoms with Crippen LogP contribution < -0.4 is 5.14 Å². The van der Waals surface area contributed by atoms with Gasteiger partial charge < -0.3 is 4.90 Å². The smallest absolute Gasteiger partial charge is 0.256 e. The molecule has 0 aliphatic carbocycles. The molecule has 0 radical (unpaired) electrons. The number of carbonyl (C=O) groups is 1. The van der Waals surface area contributed by atoms with Gasteiger partial charge in [-0.15, -0.1) is 0 Å². The third-order valence-electron chi connectivity index (χ3n) is 2.32. The zero-order valence-corrected chi connectivity index (χ0v) is 10.9. The number of nitrogens with two attached hydrogens (primary N) is 1. The van der Waals surface area contributed by atoms with Crippen LogP contribution in [0.5, 0.6) is 0 Å². The summed E-state index contributed by atoms with van der Waals surface area (Å²) >= 11 is 0. The predicted octanol–water partition coefficient (Wildman–Crippen LogP) is 0.949. The molecule has 10 heteroatoms. The molecule has 0 aliphatic rings. The molecule has 20 heavy (non-hydrogen) atoms. The predicted molar refractivity (Wildman–Crippen MR) is 60.7 cm³/mol. The topological polar surface area (TPSA) is 80.5 Å². The Balaban J connectivity index is 3.29. The van der Waals surface area contributed by atoms with Crippen LogP contribution in [-0.2, 0) is 10.0 Å². The van der Waals surface area contributed by atoms with Gasteiger partial charge in [0.05, 0.1) is 12.1 Å². The van der Waals surface area contributed by atoms with Crippen molar-refractivity contribution in [3.05, 3.63) is 29.3 Å². The Morgan fingerprint density at radius 3 is 2.30 bits per heavy atom. The van der Waals surface area contributed by atoms with Crippen molar-refractivity contribution < 1.29 is 30.8 Å². The largest absolute Gasteiger partial charge is 0.336 e. The number of nitrogens with zero attached hydrogens (tertiary/aromatic N) is 1. The Bertz CT molecular complexity index is 634. The van der Waals surface area contributed by atoms with Crippen LogP contribution in [0.1, 0.15) is 10.4 Å². The molecule has 5 nitrogen and oxygen atoms in total. The molecule has 1 rings (SSSR count). The quantitative estimate of drug-likeness (QED) is 0.840. The first-order chi connectivity index (χ1) is 9.04. The van der Waals surface area contributed by atoms with Crippen molar-refractivity contribution in [1.29, 1.82) is 0 Å². The number of sulfonamides is 1. The van der Waals surface area contributed by atoms with E-state index < -0.39 is 51.0 Å². The SMILES string of the molecule is CN(CC(F)F)C(=O)c1cc(S(N)(=O)=O)c(F)cc1F. The lowest BCUT2D eigenvalue weighted by molar-refractivity contribution is 0.0616. The van der Waals surface area contributed by atoms with Gasteiger partial charge in [-0.05, 0) is 6.07 Å². The van der Waals surface area contributed by atoms with Crippen LogP contribution in [0.4, 0.5) is 17.6 Å². The van der Waals surface area contributed by atoms with E-state index in [1.54, 1.807) is 0 Å². The first kappa shape index (κ1) is 16.4. The molecule has 0 heterocycles. The molecule has 0 saturated heterocycles. The molecule has 1 aromatic carbocycles. The molecule has 0 atom stereocenters. The van der Waals surface area contributed by atoms with Crippen molar-refractivity contribution in [2.45, 2.75) is 11.3 Å². The zero-order valence-electron chi connectivity index (χ0n) is 10.1. The molecule has 2 N–H and O–H groups in total. The second-order valence-corrected chi connectivity index (χ2v) is 5.41. The van der Waals surface area contributed by atoms with Gasteiger partial charge in [-0.1, -0.05) is 0 Å². The Labute approximate surface area is 112 Å². The van der Waals surface area contributed by atoms with Gasteiger partial charge in [-0.2, -0.15) is 0 Å². The molecule has 1 aromatic rings. The average molecular weight is 314 g/mol. The Kier molecular flexibility index (Phi) is 4.71. The molecule has 0 aromatic heterocycles. The molecule has 0 bridgehead atoms. The molecule has 0 aliphatic heterocycles. The van der Waals surface area contributed by atoms with E-state index in [0.29, 0.717) is 11.0 Å². The molecule has 1 amide bonds. The summed E-state index contributed by atoms with van der Waals surface area (Å²) in [5.74, 6) is -4.06. The fraction of sp³-hybridized carbons (Fsp3) is 0.300. The van der Waals surface area contributed by atoms with Crippen LogP contribution in [0.25, 0.3) is 0 Å². The summed E-state index contributed by atoms with van der Waals surface area (Å²) in [5, 5.41) is 4.70. The van der Waals surface area contributed by atoms with Crippen molar-refractivity contribution >= 4 is 15.9 Å². The highest BCUT2D eigenvalue weighted by Crippen LogP contribution is 2.19. The third-order valence-corrected chi connectivity index (χ3v) is 3.24. The standard InChI is InChI=1S/C10H10F4N2O3S/c1-16(4-9(13)14)10(17)5-2-8(20(15,18)19)7(12)3-6(5)11/h2-3,9H,4H2,1H3,(H2,15,18,19). The summed E-state index contributed by atoms with van der Waals surface area (Å²) in [6.45, 7) is -0.986. The van der Waals surface area contributed by atoms with Gasteiger partial charge in [-0.3, -0.25) is 4.79 Å². The number of benzene rings is 1. The van der Waals surface area contributed by atoms with Crippen LogP contribution >= 0.6 is 0 Å². The maximum atomic E-state index is 13.5. The minimum atomic E-state index is -4.52. The van der Waals surface area contributed by atoms with E-state index in [9.17, 15) is 30.8 Å². The van der Waals surface area contributed by atoms with E-state index in [0.717, 1.165) is 7.05 Å². The van der Waals surface area contributed by atoms with E-state index in [2.05, 4.69) is 0 Å². The lowest BCUT2D eigenvalue weighted by Gasteiger charge is -2.17. The number of carbonyl (C=O) groups excluding carboxylic acids is 1. The second kappa shape index (κ2) is 5.75. The van der Waals surface area contributed by atoms with Gasteiger partial charge >= 0.3 is 0 Å². The van der Waals surface area contributed by atoms with E-state index >= 15 is 0 Å². The zero-order chi connectivity index (χ0) is 15.7. The highest BCUT2D eigenvalue weighted by Gasteiger charge is 2.24. The third kappa shape index (κ3) is 3.67. The number of hydrogen-bond donors (Lipinski definition) is 1. The Morgan fingerprint density at radius 1 is 1.30 bits per heavy atom. The number of amides is 1. The van der Waals surface area contributed by atoms with Crippen LogP contribution in [-0.4, -0.2) is 39.2 Å². The second-order valence-electron chi connectivity index (χ2n) is 3.88. The Hall–Kier alpha value is -1.68. The van der Waals surface area contributed by atoms with Crippen LogP contribution in [0.2, 0.25) is 0 Å². The van der Waals surface area contributed by atoms with E-state index in [4.69, 9.17) is 5.14 Å². The highest BCUT2D eigenvalue weighted by atomic mass is 32.2. The van der Waals surface area contributed by atoms with Gasteiger partial charge in [-0.25, -0.2) is 31.1 Å². The normalized spacial score (nSPS) is 11.8. The fourth-order valence-electron chi connectivity index (χ4n) is 1.41. The molecular weight excluding hydrogens is 304 g/mol. The number of rotatable bonds is 4. The van der Waals surface area contributed by atoms with Crippen LogP contribution in [0.3, 0.4) is 0 Å². The van der Waals surface area contributed by atoms with E-state index in [1.807, 2.05) is 0 Å². The molecule has 0 spiro atoms. The van der Waals surface area contributed by atoms with Crippen molar-refractivity contribution in [1.82, 2.24) is 4.90 Å². The number of alkyl halides is 2. The molecule has 0 fully saturated rings. The lowest BCUT2D eigenvalue weighted by atomic mass is 10.2. The number of primary sulfonamides is 1. The summed E-state index contributed by atoms with van der Waals surface area (Å²) in [5.41, 5.74) is -0.862. The summed E-state index contributed by atoms with van der Waals surface area (Å²) in [7, 11) is -3.55. The number of hydrogen-bond acceptors (Lipinski definition) is 3. The average Bonchev–Trinajstić information content (AvgIpc) is 2.25. The van der Waals surface area contributed by atoms with Crippen molar-refractivity contribution in [3.63, 3.8) is 0 Å². The van der Waals surface area contributed by atoms with E-state index in [1.165, 1.54) is 0 Å². The molecular formula is C10H10F4N2O3S. The summed E-state index contributed by atoms with van der Waals surface area (Å²) < 4.78 is 73.1. The van der Waals surface area contributed by atoms with Gasteiger partial charge in [0.1, 0.15) is 16.5 Å². The highest BCUT2D eigenvalue weighted by molar-refractivity contribution is 7.89. The maximum absolute atomic E-state index is 13.5. The van der Waals surface area contributed by atoms with Gasteiger partial charge in [0, 0.05) is 13.1 Å². The first-order valence-electron chi connectivity index (χ1n) is 5.09. The number of halogens is 4. The van der Waals surface area contributed by atoms with E-state index in [-0.39, 0.29) is 6.07 Å². The fourth-order valence-corrected chi connectivity index (χ4v) is 2.02. The monoisotopic (exact) mass is 314 g/mol. The molecule has 0 unspecified atom stereocenters. The summed E-state index contributed by atoms with van der Waals surface area (Å²) in [6, 6.07) is 0.535. The Morgan fingerprint density at radius 2 is 1.85 bits per heavy atom.